The van der Waals surface area contributed by atoms with Crippen molar-refractivity contribution >= 4 is 55.6 Å². The van der Waals surface area contributed by atoms with Gasteiger partial charge in [0.25, 0.3) is 0 Å². The van der Waals surface area contributed by atoms with Crippen LogP contribution < -0.4 is 18.1 Å². The highest BCUT2D eigenvalue weighted by Gasteiger charge is 2.27. The summed E-state index contributed by atoms with van der Waals surface area (Å²) in [5.41, 5.74) is 1.96. The maximum Gasteiger partial charge on any atom is 0.320 e. The molecule has 0 aliphatic rings. The number of rotatable bonds is 26. The third-order valence-corrected chi connectivity index (χ3v) is 16.5. The van der Waals surface area contributed by atoms with Gasteiger partial charge in [0, 0.05) is 98.3 Å². The molecule has 0 bridgehead atoms. The van der Waals surface area contributed by atoms with Crippen molar-refractivity contribution in [1.82, 2.24) is 18.7 Å². The van der Waals surface area contributed by atoms with Gasteiger partial charge in [0.2, 0.25) is 0 Å². The fraction of sp³-hybridized carbons (Fsp3) is 0.512. The van der Waals surface area contributed by atoms with Crippen LogP contribution in [0.2, 0.25) is 0 Å². The molecule has 0 fully saturated rings. The molecule has 0 amide bonds. The van der Waals surface area contributed by atoms with Crippen molar-refractivity contribution in [3.63, 3.8) is 0 Å². The molecule has 0 radical (unpaired) electrons. The third kappa shape index (κ3) is 12.1. The molecule has 57 heavy (non-hydrogen) atoms. The molecule has 316 valence electrons. The van der Waals surface area contributed by atoms with Gasteiger partial charge in [0.1, 0.15) is 23.0 Å². The van der Waals surface area contributed by atoms with Crippen LogP contribution in [0.25, 0.3) is 21.5 Å². The standard InChI is InChI=1S/C41H64N4O8P4/c1-13-42(14-2)54(46-9)50-34-25-21-32-23-27-40(52-56(48-11)44(17-5)18-6)38(36(32)29-34)31-39-37-30-35(51-55(47-10)43(15-3)16-4)26-22-33(37)24-28-41(39)53-57(49-12)45(19-7)20-8/h21-30H,13-20,31H2,1-12H3. The molecular formula is C41H64N4O8P4. The molecular weight excluding hydrogens is 800 g/mol. The van der Waals surface area contributed by atoms with Crippen LogP contribution in [0.5, 0.6) is 23.0 Å². The monoisotopic (exact) mass is 864 g/mol. The average Bonchev–Trinajstić information content (AvgIpc) is 3.24. The van der Waals surface area contributed by atoms with E-state index in [2.05, 4.69) is 123 Å². The molecule has 0 aliphatic heterocycles. The smallest absolute Gasteiger partial charge is 0.320 e. The number of benzene rings is 4. The summed E-state index contributed by atoms with van der Waals surface area (Å²) in [6.07, 6.45) is 0.465. The number of fused-ring (bicyclic) bond motifs is 2. The zero-order valence-electron chi connectivity index (χ0n) is 36.0. The SMILES string of the molecule is CCN(CC)P(OC)Oc1ccc2ccc(OP(OC)N(CC)CC)c(Cc3c(OP(OC)N(CC)CC)ccc4ccc(OP(OC)N(CC)CC)cc34)c2c1. The summed E-state index contributed by atoms with van der Waals surface area (Å²) in [4.78, 5) is 0. The molecule has 4 rings (SSSR count). The zero-order chi connectivity index (χ0) is 41.5. The molecule has 0 saturated carbocycles. The molecule has 4 aromatic rings. The van der Waals surface area contributed by atoms with Gasteiger partial charge in [-0.15, -0.1) is 0 Å². The number of nitrogens with zero attached hydrogens (tertiary/aromatic N) is 4. The quantitative estimate of drug-likeness (QED) is 0.0563. The Bertz CT molecular complexity index is 1670. The van der Waals surface area contributed by atoms with Crippen molar-refractivity contribution in [2.45, 2.75) is 61.8 Å². The summed E-state index contributed by atoms with van der Waals surface area (Å²) in [5, 5.41) is 4.10. The van der Waals surface area contributed by atoms with Gasteiger partial charge in [0.15, 0.2) is 0 Å². The molecule has 4 atom stereocenters. The van der Waals surface area contributed by atoms with E-state index in [9.17, 15) is 0 Å². The minimum Gasteiger partial charge on any atom is -0.436 e. The largest absolute Gasteiger partial charge is 0.436 e. The van der Waals surface area contributed by atoms with E-state index in [1.54, 1.807) is 28.4 Å². The fourth-order valence-electron chi connectivity index (χ4n) is 6.52. The fourth-order valence-corrected chi connectivity index (χ4v) is 11.3. The van der Waals surface area contributed by atoms with Crippen LogP contribution in [0.4, 0.5) is 0 Å². The van der Waals surface area contributed by atoms with Crippen molar-refractivity contribution in [2.24, 2.45) is 0 Å². The van der Waals surface area contributed by atoms with E-state index in [0.717, 1.165) is 108 Å². The van der Waals surface area contributed by atoms with Crippen molar-refractivity contribution in [3.8, 4) is 23.0 Å². The maximum absolute atomic E-state index is 6.89. The van der Waals surface area contributed by atoms with E-state index in [4.69, 9.17) is 36.2 Å². The van der Waals surface area contributed by atoms with Gasteiger partial charge in [-0.2, -0.15) is 0 Å². The summed E-state index contributed by atoms with van der Waals surface area (Å²) in [5.74, 6) is 2.90. The summed E-state index contributed by atoms with van der Waals surface area (Å²) in [6.45, 7) is 23.3. The molecule has 4 unspecified atom stereocenters. The van der Waals surface area contributed by atoms with Crippen LogP contribution in [-0.2, 0) is 24.5 Å². The van der Waals surface area contributed by atoms with Crippen LogP contribution >= 0.6 is 34.1 Å². The Balaban J connectivity index is 2.01. The van der Waals surface area contributed by atoms with Crippen molar-refractivity contribution in [3.05, 3.63) is 71.8 Å². The van der Waals surface area contributed by atoms with Gasteiger partial charge in [-0.25, -0.2) is 18.7 Å². The van der Waals surface area contributed by atoms with Crippen molar-refractivity contribution in [1.29, 1.82) is 0 Å². The van der Waals surface area contributed by atoms with Crippen molar-refractivity contribution < 1.29 is 36.2 Å². The van der Waals surface area contributed by atoms with E-state index in [1.165, 1.54) is 0 Å². The van der Waals surface area contributed by atoms with E-state index in [-0.39, 0.29) is 0 Å². The molecule has 0 spiro atoms. The molecule has 0 N–H and O–H groups in total. The first-order chi connectivity index (χ1) is 27.7. The van der Waals surface area contributed by atoms with E-state index >= 15 is 0 Å². The molecule has 0 heterocycles. The molecule has 12 nitrogen and oxygen atoms in total. The predicted molar refractivity (Wildman–Crippen MR) is 241 cm³/mol. The van der Waals surface area contributed by atoms with Gasteiger partial charge in [-0.3, -0.25) is 0 Å². The Morgan fingerprint density at radius 1 is 0.386 bits per heavy atom. The lowest BCUT2D eigenvalue weighted by Crippen LogP contribution is -2.20. The minimum atomic E-state index is -1.39. The molecule has 0 aromatic heterocycles. The Morgan fingerprint density at radius 2 is 0.667 bits per heavy atom. The third-order valence-electron chi connectivity index (χ3n) is 9.67. The van der Waals surface area contributed by atoms with Gasteiger partial charge in [0.05, 0.1) is 0 Å². The summed E-state index contributed by atoms with van der Waals surface area (Å²) >= 11 is 0. The normalized spacial score (nSPS) is 14.2. The molecule has 0 aliphatic carbocycles. The van der Waals surface area contributed by atoms with Gasteiger partial charge in [-0.05, 0) is 57.9 Å². The van der Waals surface area contributed by atoms with Crippen LogP contribution in [0.1, 0.15) is 66.5 Å². The maximum atomic E-state index is 6.89. The molecule has 4 aromatic carbocycles. The second-order valence-corrected chi connectivity index (χ2v) is 19.0. The Labute approximate surface area is 346 Å². The minimum absolute atomic E-state index is 0.465. The Kier molecular flexibility index (Phi) is 20.3. The second-order valence-electron chi connectivity index (χ2n) is 12.6. The highest BCUT2D eigenvalue weighted by atomic mass is 31.2. The average molecular weight is 865 g/mol. The van der Waals surface area contributed by atoms with Crippen LogP contribution in [0, 0.1) is 0 Å². The van der Waals surface area contributed by atoms with E-state index in [1.807, 2.05) is 12.1 Å². The number of hydrogen-bond donors (Lipinski definition) is 0. The summed E-state index contributed by atoms with van der Waals surface area (Å²) in [7, 11) is 1.43. The topological polar surface area (TPSA) is 86.8 Å². The van der Waals surface area contributed by atoms with E-state index in [0.29, 0.717) is 6.42 Å². The van der Waals surface area contributed by atoms with E-state index < -0.39 is 34.1 Å². The van der Waals surface area contributed by atoms with Crippen molar-refractivity contribution in [2.75, 3.05) is 80.8 Å². The summed E-state index contributed by atoms with van der Waals surface area (Å²) in [6, 6.07) is 20.8. The van der Waals surface area contributed by atoms with Crippen LogP contribution in [0.3, 0.4) is 0 Å². The highest BCUT2D eigenvalue weighted by Crippen LogP contribution is 2.50. The first-order valence-corrected chi connectivity index (χ1v) is 24.4. The first-order valence-electron chi connectivity index (χ1n) is 19.9. The molecule has 0 saturated heterocycles. The Hall–Kier alpha value is -2.00. The lowest BCUT2D eigenvalue weighted by molar-refractivity contribution is 0.316. The highest BCUT2D eigenvalue weighted by molar-refractivity contribution is 7.45. The van der Waals surface area contributed by atoms with Crippen LogP contribution in [-0.4, -0.2) is 99.5 Å². The first kappa shape index (κ1) is 47.7. The van der Waals surface area contributed by atoms with Gasteiger partial charge >= 0.3 is 34.1 Å². The van der Waals surface area contributed by atoms with Gasteiger partial charge < -0.3 is 36.2 Å². The zero-order valence-corrected chi connectivity index (χ0v) is 39.6. The second kappa shape index (κ2) is 24.3. The van der Waals surface area contributed by atoms with Crippen LogP contribution in [0.15, 0.2) is 60.7 Å². The van der Waals surface area contributed by atoms with Gasteiger partial charge in [-0.1, -0.05) is 79.7 Å². The molecule has 16 heteroatoms. The Morgan fingerprint density at radius 3 is 0.947 bits per heavy atom. The number of hydrogen-bond acceptors (Lipinski definition) is 12. The lowest BCUT2D eigenvalue weighted by Gasteiger charge is -2.29. The predicted octanol–water partition coefficient (Wildman–Crippen LogP) is 12.0. The lowest BCUT2D eigenvalue weighted by atomic mass is 9.93. The summed E-state index contributed by atoms with van der Waals surface area (Å²) < 4.78 is 59.5.